The summed E-state index contributed by atoms with van der Waals surface area (Å²) in [7, 11) is 0. The highest BCUT2D eigenvalue weighted by molar-refractivity contribution is 9.10. The van der Waals surface area contributed by atoms with Crippen LogP contribution in [0.15, 0.2) is 40.9 Å². The number of hydrogen-bond donors (Lipinski definition) is 1. The second-order valence-electron chi connectivity index (χ2n) is 5.57. The predicted molar refractivity (Wildman–Crippen MR) is 90.3 cm³/mol. The van der Waals surface area contributed by atoms with Gasteiger partial charge < -0.3 is 5.32 Å². The molecule has 0 saturated carbocycles. The molecule has 2 rings (SSSR count). The van der Waals surface area contributed by atoms with E-state index in [4.69, 9.17) is 0 Å². The second kappa shape index (κ2) is 7.05. The average Bonchev–Trinajstić information content (AvgIpc) is 2.45. The van der Waals surface area contributed by atoms with E-state index >= 15 is 0 Å². The molecule has 1 amide bonds. The van der Waals surface area contributed by atoms with Crippen LogP contribution in [0.4, 0.5) is 4.39 Å². The molecular formula is C18H19BrFNO. The van der Waals surface area contributed by atoms with Crippen molar-refractivity contribution in [3.8, 4) is 0 Å². The third-order valence-electron chi connectivity index (χ3n) is 3.63. The molecule has 0 fully saturated rings. The van der Waals surface area contributed by atoms with Gasteiger partial charge in [0.1, 0.15) is 5.82 Å². The van der Waals surface area contributed by atoms with Crippen LogP contribution in [0, 0.1) is 19.7 Å². The van der Waals surface area contributed by atoms with Crippen molar-refractivity contribution < 1.29 is 9.18 Å². The van der Waals surface area contributed by atoms with E-state index in [1.165, 1.54) is 11.6 Å². The van der Waals surface area contributed by atoms with Crippen LogP contribution in [-0.2, 0) is 11.2 Å². The van der Waals surface area contributed by atoms with Gasteiger partial charge in [-0.1, -0.05) is 29.8 Å². The lowest BCUT2D eigenvalue weighted by atomic mass is 10.00. The summed E-state index contributed by atoms with van der Waals surface area (Å²) in [6.07, 6.45) is 0.230. The van der Waals surface area contributed by atoms with Crippen molar-refractivity contribution in [2.45, 2.75) is 33.2 Å². The topological polar surface area (TPSA) is 29.1 Å². The summed E-state index contributed by atoms with van der Waals surface area (Å²) in [5.74, 6) is -0.403. The summed E-state index contributed by atoms with van der Waals surface area (Å²) in [6, 6.07) is 10.8. The maximum absolute atomic E-state index is 13.2. The van der Waals surface area contributed by atoms with E-state index < -0.39 is 0 Å². The van der Waals surface area contributed by atoms with Gasteiger partial charge in [0.15, 0.2) is 0 Å². The molecule has 2 aromatic carbocycles. The van der Waals surface area contributed by atoms with Gasteiger partial charge in [-0.05, 0) is 65.5 Å². The minimum Gasteiger partial charge on any atom is -0.349 e. The molecule has 0 aliphatic rings. The fourth-order valence-corrected chi connectivity index (χ4v) is 2.86. The number of aryl methyl sites for hydroxylation is 2. The first kappa shape index (κ1) is 16.7. The highest BCUT2D eigenvalue weighted by Gasteiger charge is 2.13. The van der Waals surface area contributed by atoms with E-state index in [9.17, 15) is 9.18 Å². The third kappa shape index (κ3) is 4.17. The van der Waals surface area contributed by atoms with Gasteiger partial charge in [-0.2, -0.15) is 0 Å². The van der Waals surface area contributed by atoms with E-state index in [1.807, 2.05) is 20.8 Å². The van der Waals surface area contributed by atoms with Crippen LogP contribution in [0.2, 0.25) is 0 Å². The normalized spacial score (nSPS) is 12.0. The number of halogens is 2. The highest BCUT2D eigenvalue weighted by atomic mass is 79.9. The van der Waals surface area contributed by atoms with Crippen LogP contribution >= 0.6 is 15.9 Å². The molecule has 1 unspecified atom stereocenters. The van der Waals surface area contributed by atoms with Crippen LogP contribution in [-0.4, -0.2) is 5.91 Å². The second-order valence-corrected chi connectivity index (χ2v) is 6.43. The van der Waals surface area contributed by atoms with Crippen molar-refractivity contribution in [2.24, 2.45) is 0 Å². The largest absolute Gasteiger partial charge is 0.349 e. The molecule has 22 heavy (non-hydrogen) atoms. The summed E-state index contributed by atoms with van der Waals surface area (Å²) >= 11 is 3.13. The lowest BCUT2D eigenvalue weighted by molar-refractivity contribution is -0.121. The van der Waals surface area contributed by atoms with Gasteiger partial charge in [0.05, 0.1) is 16.9 Å². The lowest BCUT2D eigenvalue weighted by Crippen LogP contribution is -2.28. The summed E-state index contributed by atoms with van der Waals surface area (Å²) in [5, 5.41) is 3.00. The van der Waals surface area contributed by atoms with Gasteiger partial charge in [-0.25, -0.2) is 4.39 Å². The Kier molecular flexibility index (Phi) is 5.35. The Labute approximate surface area is 138 Å². The SMILES string of the molecule is Cc1ccc(C)c(C(C)NC(=O)Cc2ccc(F)c(Br)c2)c1. The monoisotopic (exact) mass is 363 g/mol. The van der Waals surface area contributed by atoms with Crippen LogP contribution in [0.1, 0.15) is 35.2 Å². The number of benzene rings is 2. The molecule has 0 saturated heterocycles. The van der Waals surface area contributed by atoms with Crippen molar-refractivity contribution in [1.82, 2.24) is 5.32 Å². The molecule has 0 aromatic heterocycles. The molecule has 0 bridgehead atoms. The number of nitrogens with one attached hydrogen (secondary N) is 1. The third-order valence-corrected chi connectivity index (χ3v) is 4.24. The smallest absolute Gasteiger partial charge is 0.224 e. The first-order valence-corrected chi connectivity index (χ1v) is 7.96. The number of amides is 1. The van der Waals surface area contributed by atoms with Crippen molar-refractivity contribution in [1.29, 1.82) is 0 Å². The maximum Gasteiger partial charge on any atom is 0.224 e. The van der Waals surface area contributed by atoms with Gasteiger partial charge in [0.2, 0.25) is 5.91 Å². The van der Waals surface area contributed by atoms with Gasteiger partial charge in [0.25, 0.3) is 0 Å². The molecule has 0 heterocycles. The van der Waals surface area contributed by atoms with Gasteiger partial charge in [0, 0.05) is 0 Å². The molecule has 1 atom stereocenters. The Balaban J connectivity index is 2.05. The molecule has 0 aliphatic heterocycles. The number of carbonyl (C=O) groups excluding carboxylic acids is 1. The van der Waals surface area contributed by atoms with E-state index in [0.29, 0.717) is 4.47 Å². The van der Waals surface area contributed by atoms with Crippen molar-refractivity contribution in [3.05, 3.63) is 68.9 Å². The highest BCUT2D eigenvalue weighted by Crippen LogP contribution is 2.20. The summed E-state index contributed by atoms with van der Waals surface area (Å²) in [5.41, 5.74) is 4.22. The fraction of sp³-hybridized carbons (Fsp3) is 0.278. The van der Waals surface area contributed by atoms with Gasteiger partial charge in [-0.3, -0.25) is 4.79 Å². The molecule has 2 aromatic rings. The summed E-state index contributed by atoms with van der Waals surface area (Å²) in [4.78, 5) is 12.2. The summed E-state index contributed by atoms with van der Waals surface area (Å²) < 4.78 is 13.6. The van der Waals surface area contributed by atoms with Crippen molar-refractivity contribution in [2.75, 3.05) is 0 Å². The van der Waals surface area contributed by atoms with Crippen LogP contribution in [0.3, 0.4) is 0 Å². The van der Waals surface area contributed by atoms with Crippen LogP contribution < -0.4 is 5.32 Å². The first-order chi connectivity index (χ1) is 10.4. The molecule has 0 radical (unpaired) electrons. The Bertz CT molecular complexity index is 699. The van der Waals surface area contributed by atoms with E-state index in [0.717, 1.165) is 16.7 Å². The molecule has 0 spiro atoms. The zero-order valence-electron chi connectivity index (χ0n) is 12.9. The van der Waals surface area contributed by atoms with Crippen LogP contribution in [0.5, 0.6) is 0 Å². The zero-order chi connectivity index (χ0) is 16.3. The molecular weight excluding hydrogens is 345 g/mol. The Hall–Kier alpha value is -1.68. The Morgan fingerprint density at radius 2 is 1.95 bits per heavy atom. The lowest BCUT2D eigenvalue weighted by Gasteiger charge is -2.17. The van der Waals surface area contributed by atoms with Crippen molar-refractivity contribution in [3.63, 3.8) is 0 Å². The van der Waals surface area contributed by atoms with Gasteiger partial charge >= 0.3 is 0 Å². The summed E-state index contributed by atoms with van der Waals surface area (Å²) in [6.45, 7) is 6.04. The minimum atomic E-state index is -0.326. The molecule has 116 valence electrons. The Morgan fingerprint density at radius 1 is 1.23 bits per heavy atom. The quantitative estimate of drug-likeness (QED) is 0.843. The molecule has 0 aliphatic carbocycles. The molecule has 2 nitrogen and oxygen atoms in total. The van der Waals surface area contributed by atoms with Crippen LogP contribution in [0.25, 0.3) is 0 Å². The minimum absolute atomic E-state index is 0.0590. The molecule has 1 N–H and O–H groups in total. The maximum atomic E-state index is 13.2. The average molecular weight is 364 g/mol. The fourth-order valence-electron chi connectivity index (χ4n) is 2.43. The number of hydrogen-bond acceptors (Lipinski definition) is 1. The molecule has 4 heteroatoms. The first-order valence-electron chi connectivity index (χ1n) is 7.17. The standard InChI is InChI=1S/C18H19BrFNO/c1-11-4-5-12(2)15(8-11)13(3)21-18(22)10-14-6-7-17(20)16(19)9-14/h4-9,13H,10H2,1-3H3,(H,21,22). The van der Waals surface area contributed by atoms with E-state index in [2.05, 4.69) is 39.4 Å². The zero-order valence-corrected chi connectivity index (χ0v) is 14.5. The number of rotatable bonds is 4. The Morgan fingerprint density at radius 3 is 2.64 bits per heavy atom. The van der Waals surface area contributed by atoms with E-state index in [1.54, 1.807) is 12.1 Å². The number of carbonyl (C=O) groups is 1. The van der Waals surface area contributed by atoms with Gasteiger partial charge in [-0.15, -0.1) is 0 Å². The van der Waals surface area contributed by atoms with E-state index in [-0.39, 0.29) is 24.2 Å². The van der Waals surface area contributed by atoms with Crippen molar-refractivity contribution >= 4 is 21.8 Å². The predicted octanol–water partition coefficient (Wildman–Crippen LogP) is 4.62.